The Labute approximate surface area is 244 Å². The molecule has 1 aliphatic carbocycles. The Morgan fingerprint density at radius 3 is 2.51 bits per heavy atom. The molecule has 0 fully saturated rings. The van der Waals surface area contributed by atoms with Crippen LogP contribution in [0.15, 0.2) is 86.1 Å². The number of benzene rings is 2. The quantitative estimate of drug-likeness (QED) is 0.199. The van der Waals surface area contributed by atoms with Crippen molar-refractivity contribution >= 4 is 40.5 Å². The van der Waals surface area contributed by atoms with Crippen LogP contribution in [0, 0.1) is 6.92 Å². The molecule has 0 bridgehead atoms. The zero-order valence-electron chi connectivity index (χ0n) is 23.2. The Bertz CT molecular complexity index is 1560. The van der Waals surface area contributed by atoms with E-state index in [1.807, 2.05) is 43.3 Å². The van der Waals surface area contributed by atoms with Gasteiger partial charge in [0, 0.05) is 46.7 Å². The number of amides is 2. The molecule has 2 aromatic carbocycles. The van der Waals surface area contributed by atoms with Crippen molar-refractivity contribution in [1.82, 2.24) is 14.9 Å². The fourth-order valence-electron chi connectivity index (χ4n) is 4.96. The standard InChI is InChI=1S/C33H33N5O2S/c1-4-19-38(20-5-2)32(40)23-13-15-25(16-14-23)35-33-34-18-17-28(37-33)26-10-8-11-27(22(26)3)36-31(39)30-21-24-9-6-7-12-29(24)41-30/h4-5,8,10-11,13-18,21H,1-2,6-7,9,12,19-20H2,3H3,(H,36,39)(H,34,35,37). The van der Waals surface area contributed by atoms with Crippen molar-refractivity contribution in [2.75, 3.05) is 23.7 Å². The second kappa shape index (κ2) is 12.7. The first-order valence-electron chi connectivity index (χ1n) is 13.7. The third-order valence-electron chi connectivity index (χ3n) is 7.11. The third kappa shape index (κ3) is 6.44. The second-order valence-corrected chi connectivity index (χ2v) is 11.1. The Balaban J connectivity index is 1.30. The van der Waals surface area contributed by atoms with Crippen molar-refractivity contribution in [2.24, 2.45) is 0 Å². The monoisotopic (exact) mass is 563 g/mol. The highest BCUT2D eigenvalue weighted by Gasteiger charge is 2.19. The van der Waals surface area contributed by atoms with Crippen LogP contribution < -0.4 is 10.6 Å². The molecule has 0 unspecified atom stereocenters. The Kier molecular flexibility index (Phi) is 8.70. The summed E-state index contributed by atoms with van der Waals surface area (Å²) in [5.41, 5.74) is 5.98. The first kappa shape index (κ1) is 28.0. The van der Waals surface area contributed by atoms with Crippen LogP contribution in [0.1, 0.15) is 48.9 Å². The maximum absolute atomic E-state index is 13.1. The minimum absolute atomic E-state index is 0.0753. The maximum Gasteiger partial charge on any atom is 0.265 e. The van der Waals surface area contributed by atoms with Crippen LogP contribution in [0.4, 0.5) is 17.3 Å². The average molecular weight is 564 g/mol. The molecule has 5 rings (SSSR count). The molecule has 2 aromatic heterocycles. The summed E-state index contributed by atoms with van der Waals surface area (Å²) in [7, 11) is 0. The van der Waals surface area contributed by atoms with Gasteiger partial charge in [0.2, 0.25) is 5.95 Å². The van der Waals surface area contributed by atoms with Gasteiger partial charge in [0.25, 0.3) is 11.8 Å². The Morgan fingerprint density at radius 2 is 1.78 bits per heavy atom. The molecule has 0 radical (unpaired) electrons. The highest BCUT2D eigenvalue weighted by Crippen LogP contribution is 2.32. The minimum atomic E-state index is -0.0873. The zero-order valence-corrected chi connectivity index (χ0v) is 24.0. The number of carbonyl (C=O) groups is 2. The van der Waals surface area contributed by atoms with Crippen LogP contribution in [0.2, 0.25) is 0 Å². The third-order valence-corrected chi connectivity index (χ3v) is 8.34. The van der Waals surface area contributed by atoms with Gasteiger partial charge >= 0.3 is 0 Å². The Hall–Kier alpha value is -4.56. The van der Waals surface area contributed by atoms with Gasteiger partial charge in [-0.2, -0.15) is 0 Å². The predicted octanol–water partition coefficient (Wildman–Crippen LogP) is 7.20. The molecule has 0 aliphatic heterocycles. The van der Waals surface area contributed by atoms with E-state index in [0.29, 0.717) is 24.6 Å². The van der Waals surface area contributed by atoms with Gasteiger partial charge in [-0.3, -0.25) is 9.59 Å². The van der Waals surface area contributed by atoms with Crippen molar-refractivity contribution < 1.29 is 9.59 Å². The van der Waals surface area contributed by atoms with E-state index in [2.05, 4.69) is 34.8 Å². The molecule has 0 atom stereocenters. The molecule has 41 heavy (non-hydrogen) atoms. The van der Waals surface area contributed by atoms with Crippen LogP contribution in [0.3, 0.4) is 0 Å². The van der Waals surface area contributed by atoms with Gasteiger partial charge in [-0.15, -0.1) is 24.5 Å². The minimum Gasteiger partial charge on any atom is -0.331 e. The first-order valence-corrected chi connectivity index (χ1v) is 14.5. The van der Waals surface area contributed by atoms with E-state index in [9.17, 15) is 9.59 Å². The summed E-state index contributed by atoms with van der Waals surface area (Å²) in [4.78, 5) is 38.8. The number of nitrogens with zero attached hydrogens (tertiary/aromatic N) is 3. The van der Waals surface area contributed by atoms with Gasteiger partial charge in [0.15, 0.2) is 0 Å². The van der Waals surface area contributed by atoms with Gasteiger partial charge in [-0.05, 0) is 86.2 Å². The number of hydrogen-bond donors (Lipinski definition) is 2. The topological polar surface area (TPSA) is 87.2 Å². The summed E-state index contributed by atoms with van der Waals surface area (Å²) >= 11 is 1.61. The van der Waals surface area contributed by atoms with Gasteiger partial charge in [-0.25, -0.2) is 9.97 Å². The summed E-state index contributed by atoms with van der Waals surface area (Å²) in [6.07, 6.45) is 9.61. The maximum atomic E-state index is 13.1. The summed E-state index contributed by atoms with van der Waals surface area (Å²) in [5, 5.41) is 6.33. The van der Waals surface area contributed by atoms with E-state index in [4.69, 9.17) is 4.98 Å². The van der Waals surface area contributed by atoms with Crippen LogP contribution in [-0.2, 0) is 12.8 Å². The second-order valence-electron chi connectivity index (χ2n) is 9.95. The normalized spacial score (nSPS) is 12.2. The zero-order chi connectivity index (χ0) is 28.8. The number of aryl methyl sites for hydroxylation is 2. The van der Waals surface area contributed by atoms with E-state index in [0.717, 1.165) is 45.9 Å². The van der Waals surface area contributed by atoms with Gasteiger partial charge < -0.3 is 15.5 Å². The van der Waals surface area contributed by atoms with E-state index in [-0.39, 0.29) is 11.8 Å². The SMILES string of the molecule is C=CCN(CC=C)C(=O)c1ccc(Nc2nccc(-c3cccc(NC(=O)c4cc5c(s4)CCCC5)c3C)n2)cc1. The van der Waals surface area contributed by atoms with Crippen LogP contribution in [-0.4, -0.2) is 39.8 Å². The molecule has 2 heterocycles. The fourth-order valence-corrected chi connectivity index (χ4v) is 6.11. The molecule has 1 aliphatic rings. The molecule has 8 heteroatoms. The molecule has 2 N–H and O–H groups in total. The number of nitrogens with one attached hydrogen (secondary N) is 2. The molecule has 0 saturated carbocycles. The highest BCUT2D eigenvalue weighted by molar-refractivity contribution is 7.14. The van der Waals surface area contributed by atoms with Crippen molar-refractivity contribution in [2.45, 2.75) is 32.6 Å². The van der Waals surface area contributed by atoms with Crippen molar-refractivity contribution in [3.05, 3.63) is 113 Å². The molecule has 0 spiro atoms. The molecular formula is C33H33N5O2S. The number of carbonyl (C=O) groups excluding carboxylic acids is 2. The number of thiophene rings is 1. The van der Waals surface area contributed by atoms with Crippen molar-refractivity contribution in [1.29, 1.82) is 0 Å². The highest BCUT2D eigenvalue weighted by atomic mass is 32.1. The van der Waals surface area contributed by atoms with E-state index >= 15 is 0 Å². The lowest BCUT2D eigenvalue weighted by molar-refractivity contribution is 0.0790. The lowest BCUT2D eigenvalue weighted by Gasteiger charge is -2.19. The van der Waals surface area contributed by atoms with Crippen molar-refractivity contribution in [3.63, 3.8) is 0 Å². The number of rotatable bonds is 10. The van der Waals surface area contributed by atoms with Gasteiger partial charge in [-0.1, -0.05) is 24.3 Å². The molecule has 2 amide bonds. The lowest BCUT2D eigenvalue weighted by atomic mass is 9.99. The molecule has 0 saturated heterocycles. The molecule has 208 valence electrons. The molecular weight excluding hydrogens is 530 g/mol. The summed E-state index contributed by atoms with van der Waals surface area (Å²) < 4.78 is 0. The number of hydrogen-bond acceptors (Lipinski definition) is 6. The van der Waals surface area contributed by atoms with E-state index in [1.54, 1.807) is 46.7 Å². The largest absolute Gasteiger partial charge is 0.331 e. The summed E-state index contributed by atoms with van der Waals surface area (Å²) in [6.45, 7) is 10.3. The van der Waals surface area contributed by atoms with Gasteiger partial charge in [0.1, 0.15) is 0 Å². The summed E-state index contributed by atoms with van der Waals surface area (Å²) in [5.74, 6) is 0.268. The number of aromatic nitrogens is 2. The average Bonchev–Trinajstić information content (AvgIpc) is 3.43. The van der Waals surface area contributed by atoms with Crippen LogP contribution >= 0.6 is 11.3 Å². The lowest BCUT2D eigenvalue weighted by Crippen LogP contribution is -2.31. The van der Waals surface area contributed by atoms with Crippen LogP contribution in [0.25, 0.3) is 11.3 Å². The van der Waals surface area contributed by atoms with E-state index < -0.39 is 0 Å². The number of fused-ring (bicyclic) bond motifs is 1. The molecule has 4 aromatic rings. The number of anilines is 3. The van der Waals surface area contributed by atoms with Crippen molar-refractivity contribution in [3.8, 4) is 11.3 Å². The van der Waals surface area contributed by atoms with Crippen LogP contribution in [0.5, 0.6) is 0 Å². The smallest absolute Gasteiger partial charge is 0.265 e. The summed E-state index contributed by atoms with van der Waals surface area (Å²) in [6, 6.07) is 16.9. The predicted molar refractivity (Wildman–Crippen MR) is 167 cm³/mol. The fraction of sp³-hybridized carbons (Fsp3) is 0.212. The van der Waals surface area contributed by atoms with Gasteiger partial charge in [0.05, 0.1) is 10.6 Å². The first-order chi connectivity index (χ1) is 20.0. The Morgan fingerprint density at radius 1 is 1.02 bits per heavy atom. The van der Waals surface area contributed by atoms with E-state index in [1.165, 1.54) is 23.3 Å². The molecule has 7 nitrogen and oxygen atoms in total.